The summed E-state index contributed by atoms with van der Waals surface area (Å²) in [5, 5.41) is 14.6. The van der Waals surface area contributed by atoms with Crippen LogP contribution in [0.1, 0.15) is 97.1 Å². The Hall–Kier alpha value is -6.96. The van der Waals surface area contributed by atoms with Crippen molar-refractivity contribution in [1.82, 2.24) is 25.9 Å². The molecule has 12 rings (SSSR count). The summed E-state index contributed by atoms with van der Waals surface area (Å²) in [6.07, 6.45) is 3.23. The fraction of sp³-hybridized carbons (Fsp3) is 0.278. The lowest BCUT2D eigenvalue weighted by Gasteiger charge is -2.29. The van der Waals surface area contributed by atoms with Crippen molar-refractivity contribution in [1.29, 1.82) is 0 Å². The zero-order chi connectivity index (χ0) is 47.4. The third kappa shape index (κ3) is 8.10. The SMILES string of the molecule is CC(C)CC(=O)N[C@H]1Cc2ccc3c(c2)C24c5cccc(c5NC2O3)-c2cccc3[nH]cc(c23)C2=CNC(O2)c2nc(oc24)C(C(C)C)NC1=O.OP(OCc1ccccc1)OCc1ccccc1. The van der Waals surface area contributed by atoms with Crippen molar-refractivity contribution < 1.29 is 37.4 Å². The van der Waals surface area contributed by atoms with Gasteiger partial charge in [0.15, 0.2) is 12.0 Å². The second-order valence-corrected chi connectivity index (χ2v) is 19.8. The van der Waals surface area contributed by atoms with Gasteiger partial charge in [0, 0.05) is 64.1 Å². The molecule has 2 aromatic heterocycles. The molecule has 7 aromatic rings. The average Bonchev–Trinajstić information content (AvgIpc) is 4.19. The van der Waals surface area contributed by atoms with Crippen LogP contribution in [0.5, 0.6) is 5.75 Å². The van der Waals surface area contributed by atoms with E-state index in [0.29, 0.717) is 54.9 Å². The number of ether oxygens (including phenoxy) is 2. The van der Waals surface area contributed by atoms with E-state index in [9.17, 15) is 14.5 Å². The van der Waals surface area contributed by atoms with E-state index in [2.05, 4.69) is 68.7 Å². The number of para-hydroxylation sites is 1. The van der Waals surface area contributed by atoms with Gasteiger partial charge in [-0.1, -0.05) is 131 Å². The number of carbonyl (C=O) groups is 2. The third-order valence-corrected chi connectivity index (χ3v) is 14.0. The zero-order valence-corrected chi connectivity index (χ0v) is 39.5. The predicted molar refractivity (Wildman–Crippen MR) is 262 cm³/mol. The van der Waals surface area contributed by atoms with Gasteiger partial charge in [-0.2, -0.15) is 0 Å². The Balaban J connectivity index is 0.000000244. The maximum Gasteiger partial charge on any atom is 0.330 e. The molecule has 4 unspecified atom stereocenters. The fourth-order valence-electron chi connectivity index (χ4n) is 10.1. The lowest BCUT2D eigenvalue weighted by molar-refractivity contribution is -0.130. The number of nitrogens with one attached hydrogen (secondary N) is 5. The number of oxazole rings is 1. The van der Waals surface area contributed by atoms with Crippen LogP contribution in [-0.4, -0.2) is 38.9 Å². The first-order valence-electron chi connectivity index (χ1n) is 23.4. The molecule has 0 saturated heterocycles. The number of fused-ring (bicyclic) bond motifs is 7. The summed E-state index contributed by atoms with van der Waals surface area (Å²) < 4.78 is 31.1. The van der Waals surface area contributed by atoms with Gasteiger partial charge in [-0.15, -0.1) is 0 Å². The first-order chi connectivity index (χ1) is 33.5. The number of hydrogen-bond donors (Lipinski definition) is 6. The number of amides is 2. The third-order valence-electron chi connectivity index (χ3n) is 13.3. The topological polar surface area (TPSA) is 181 Å². The Morgan fingerprint density at radius 2 is 1.58 bits per heavy atom. The van der Waals surface area contributed by atoms with Crippen molar-refractivity contribution in [2.24, 2.45) is 11.8 Å². The standard InChI is InChI=1S/C40H38N6O5.C14H15O3P/c1-18(2)13-30(47)43-27-15-20-11-12-28-25(14-20)40-24-9-5-8-22(33(24)46-39(40)50-28)21-7-6-10-26-31(21)23(16-41-26)29-17-42-37(49-29)34-35(40)51-38(45-34)32(19(3)4)44-36(27)48;15-18(16-11-13-7-3-1-4-8-13)17-12-14-9-5-2-6-10-14/h5-12,14,16-19,27,32,37,39,41-42,46H,13,15H2,1-4H3,(H,43,47)(H,44,48);1-10,15H,11-12H2/t27-,32?,37?,39?,40?;/m0./s1. The summed E-state index contributed by atoms with van der Waals surface area (Å²) in [6, 6.07) is 36.7. The van der Waals surface area contributed by atoms with Gasteiger partial charge in [0.05, 0.1) is 13.2 Å². The van der Waals surface area contributed by atoms with Crippen molar-refractivity contribution in [2.45, 2.75) is 83.7 Å². The zero-order valence-electron chi connectivity index (χ0n) is 38.6. The first kappa shape index (κ1) is 44.5. The van der Waals surface area contributed by atoms with Crippen LogP contribution in [0.3, 0.4) is 0 Å². The van der Waals surface area contributed by atoms with Gasteiger partial charge >= 0.3 is 8.60 Å². The number of aromatic amines is 1. The fourth-order valence-corrected chi connectivity index (χ4v) is 10.7. The number of H-pyrrole nitrogens is 1. The molecule has 1 spiro atoms. The molecule has 5 aromatic carbocycles. The number of carbonyl (C=O) groups excluding carboxylic acids is 2. The van der Waals surface area contributed by atoms with E-state index in [1.807, 2.05) is 113 Å². The van der Waals surface area contributed by atoms with Crippen LogP contribution in [-0.2, 0) is 48.4 Å². The van der Waals surface area contributed by atoms with Gasteiger partial charge in [0.25, 0.3) is 0 Å². The molecule has 14 nitrogen and oxygen atoms in total. The molecular weight excluding hydrogens is 892 g/mol. The Morgan fingerprint density at radius 1 is 0.855 bits per heavy atom. The molecule has 5 aliphatic heterocycles. The molecule has 0 aliphatic carbocycles. The molecular formula is C54H53N6O8P. The van der Waals surface area contributed by atoms with Crippen molar-refractivity contribution in [3.8, 4) is 16.9 Å². The van der Waals surface area contributed by atoms with E-state index in [-0.39, 0.29) is 23.7 Å². The molecule has 2 amide bonds. The highest BCUT2D eigenvalue weighted by atomic mass is 31.2. The van der Waals surface area contributed by atoms with E-state index in [0.717, 1.165) is 61.1 Å². The Bertz CT molecular complexity index is 3060. The van der Waals surface area contributed by atoms with Crippen LogP contribution in [0.2, 0.25) is 0 Å². The summed E-state index contributed by atoms with van der Waals surface area (Å²) in [5.41, 5.74) is 9.38. The number of benzene rings is 5. The van der Waals surface area contributed by atoms with Gasteiger partial charge in [0.1, 0.15) is 34.7 Å². The first-order valence-corrected chi connectivity index (χ1v) is 24.6. The quantitative estimate of drug-likeness (QED) is 0.0719. The average molecular weight is 945 g/mol. The molecule has 69 heavy (non-hydrogen) atoms. The molecule has 7 heterocycles. The lowest BCUT2D eigenvalue weighted by atomic mass is 9.72. The number of aromatic nitrogens is 2. The minimum Gasteiger partial charge on any atom is -0.469 e. The second kappa shape index (κ2) is 18.2. The van der Waals surface area contributed by atoms with E-state index < -0.39 is 38.6 Å². The molecule has 10 bridgehead atoms. The van der Waals surface area contributed by atoms with Gasteiger partial charge in [-0.25, -0.2) is 4.98 Å². The molecule has 352 valence electrons. The van der Waals surface area contributed by atoms with Gasteiger partial charge in [-0.05, 0) is 46.2 Å². The molecule has 6 N–H and O–H groups in total. The molecule has 5 aliphatic rings. The highest BCUT2D eigenvalue weighted by Crippen LogP contribution is 2.61. The minimum absolute atomic E-state index is 0.0961. The van der Waals surface area contributed by atoms with E-state index in [1.54, 1.807) is 0 Å². The Kier molecular flexibility index (Phi) is 11.7. The molecule has 0 saturated carbocycles. The van der Waals surface area contributed by atoms with Crippen molar-refractivity contribution in [3.05, 3.63) is 178 Å². The van der Waals surface area contributed by atoms with Crippen LogP contribution in [0, 0.1) is 11.8 Å². The summed E-state index contributed by atoms with van der Waals surface area (Å²) in [7, 11) is -1.83. The smallest absolute Gasteiger partial charge is 0.330 e. The van der Waals surface area contributed by atoms with Gasteiger partial charge < -0.3 is 54.1 Å². The van der Waals surface area contributed by atoms with Crippen LogP contribution in [0.4, 0.5) is 5.69 Å². The molecule has 15 heteroatoms. The van der Waals surface area contributed by atoms with Crippen LogP contribution >= 0.6 is 8.60 Å². The number of rotatable bonds is 10. The highest BCUT2D eigenvalue weighted by Gasteiger charge is 2.62. The van der Waals surface area contributed by atoms with Gasteiger partial charge in [-0.3, -0.25) is 9.59 Å². The highest BCUT2D eigenvalue weighted by molar-refractivity contribution is 7.40. The number of anilines is 1. The number of hydrogen-bond acceptors (Lipinski definition) is 11. The molecule has 0 radical (unpaired) electrons. The normalized spacial score (nSPS) is 21.1. The minimum atomic E-state index is -1.83. The Morgan fingerprint density at radius 3 is 2.30 bits per heavy atom. The summed E-state index contributed by atoms with van der Waals surface area (Å²) >= 11 is 0. The van der Waals surface area contributed by atoms with Crippen LogP contribution in [0.25, 0.3) is 27.8 Å². The summed E-state index contributed by atoms with van der Waals surface area (Å²) in [6.45, 7) is 8.74. The van der Waals surface area contributed by atoms with E-state index in [1.165, 1.54) is 0 Å². The monoisotopic (exact) mass is 944 g/mol. The predicted octanol–water partition coefficient (Wildman–Crippen LogP) is 9.77. The largest absolute Gasteiger partial charge is 0.469 e. The van der Waals surface area contributed by atoms with Crippen molar-refractivity contribution >= 4 is 42.8 Å². The van der Waals surface area contributed by atoms with E-state index in [4.69, 9.17) is 27.9 Å². The summed E-state index contributed by atoms with van der Waals surface area (Å²) in [5.74, 6) is 1.93. The van der Waals surface area contributed by atoms with Gasteiger partial charge in [0.2, 0.25) is 23.9 Å². The summed E-state index contributed by atoms with van der Waals surface area (Å²) in [4.78, 5) is 45.5. The maximum absolute atomic E-state index is 14.1. The van der Waals surface area contributed by atoms with Crippen molar-refractivity contribution in [2.75, 3.05) is 5.32 Å². The molecule has 0 fully saturated rings. The molecule has 5 atom stereocenters. The van der Waals surface area contributed by atoms with E-state index >= 15 is 0 Å². The Labute approximate surface area is 400 Å². The van der Waals surface area contributed by atoms with Crippen LogP contribution in [0.15, 0.2) is 132 Å². The van der Waals surface area contributed by atoms with Crippen LogP contribution < -0.4 is 26.0 Å². The second-order valence-electron chi connectivity index (χ2n) is 18.8. The number of nitrogens with zero attached hydrogens (tertiary/aromatic N) is 1. The maximum atomic E-state index is 14.1. The lowest BCUT2D eigenvalue weighted by Crippen LogP contribution is -2.49. The van der Waals surface area contributed by atoms with Crippen molar-refractivity contribution in [3.63, 3.8) is 0 Å².